The Hall–Kier alpha value is -3.62. The third-order valence-electron chi connectivity index (χ3n) is 8.67. The van der Waals surface area contributed by atoms with Crippen molar-refractivity contribution in [1.29, 1.82) is 0 Å². The molecule has 0 aliphatic carbocycles. The summed E-state index contributed by atoms with van der Waals surface area (Å²) in [7, 11) is 0. The highest BCUT2D eigenvalue weighted by Gasteiger charge is 2.43. The summed E-state index contributed by atoms with van der Waals surface area (Å²) in [6, 6.07) is 18.7. The number of likely N-dealkylation sites (tertiary alicyclic amines) is 2. The standard InChI is InChI=1S/C34H37F3N4O/c1-21-11-22(2)31(23(3)12-21)20-41-19-27-17-28(41)18-40(27)9-10-42-29-15-25(34(35,36)37)14-26(16-29)39-33-13-24(4)38-32-8-6-5-7-30(32)33/h5-8,11-16,27-28H,9-10,17-20H2,1-4H3,(H,38,39)/t27?,28-/m0/s1. The van der Waals surface area contributed by atoms with Gasteiger partial charge < -0.3 is 10.1 Å². The Morgan fingerprint density at radius 3 is 2.33 bits per heavy atom. The number of ether oxygens (including phenoxy) is 1. The SMILES string of the molecule is Cc1cc(C)c(CN2CC3C[C@H]2CN3CCOc2cc(Nc3cc(C)nc4ccccc34)cc(C(F)(F)F)c2)c(C)c1. The third-order valence-corrected chi connectivity index (χ3v) is 8.67. The van der Waals surface area contributed by atoms with E-state index in [0.29, 0.717) is 36.6 Å². The molecule has 0 saturated carbocycles. The van der Waals surface area contributed by atoms with Gasteiger partial charge in [-0.25, -0.2) is 0 Å². The van der Waals surface area contributed by atoms with Crippen molar-refractivity contribution in [3.8, 4) is 5.75 Å². The molecule has 6 rings (SSSR count). The van der Waals surface area contributed by atoms with E-state index in [4.69, 9.17) is 4.74 Å². The molecular weight excluding hydrogens is 537 g/mol. The molecule has 5 nitrogen and oxygen atoms in total. The molecule has 1 N–H and O–H groups in total. The van der Waals surface area contributed by atoms with Crippen molar-refractivity contribution in [2.24, 2.45) is 0 Å². The molecule has 2 atom stereocenters. The van der Waals surface area contributed by atoms with Gasteiger partial charge in [0.2, 0.25) is 0 Å². The van der Waals surface area contributed by atoms with Crippen LogP contribution in [0.1, 0.15) is 39.9 Å². The molecule has 8 heteroatoms. The van der Waals surface area contributed by atoms with Crippen LogP contribution in [0.25, 0.3) is 10.9 Å². The van der Waals surface area contributed by atoms with Gasteiger partial charge in [0.05, 0.1) is 11.1 Å². The number of hydrogen-bond donors (Lipinski definition) is 1. The summed E-state index contributed by atoms with van der Waals surface area (Å²) in [5.74, 6) is 0.207. The summed E-state index contributed by atoms with van der Waals surface area (Å²) >= 11 is 0. The van der Waals surface area contributed by atoms with Crippen LogP contribution >= 0.6 is 0 Å². The summed E-state index contributed by atoms with van der Waals surface area (Å²) in [5.41, 5.74) is 7.28. The quantitative estimate of drug-likeness (QED) is 0.235. The van der Waals surface area contributed by atoms with Crippen LogP contribution in [-0.4, -0.2) is 53.1 Å². The molecule has 3 heterocycles. The topological polar surface area (TPSA) is 40.6 Å². The highest BCUT2D eigenvalue weighted by Crippen LogP contribution is 2.37. The number of halogens is 3. The molecule has 2 aliphatic heterocycles. The lowest BCUT2D eigenvalue weighted by molar-refractivity contribution is -0.137. The molecule has 2 bridgehead atoms. The predicted molar refractivity (Wildman–Crippen MR) is 162 cm³/mol. The summed E-state index contributed by atoms with van der Waals surface area (Å²) in [6.07, 6.45) is -3.36. The maximum absolute atomic E-state index is 13.8. The Bertz CT molecular complexity index is 1600. The minimum absolute atomic E-state index is 0.207. The highest BCUT2D eigenvalue weighted by atomic mass is 19.4. The zero-order chi connectivity index (χ0) is 29.6. The zero-order valence-corrected chi connectivity index (χ0v) is 24.6. The van der Waals surface area contributed by atoms with Gasteiger partial charge in [0.25, 0.3) is 0 Å². The predicted octanol–water partition coefficient (Wildman–Crippen LogP) is 7.57. The zero-order valence-electron chi connectivity index (χ0n) is 24.6. The number of fused-ring (bicyclic) bond motifs is 3. The van der Waals surface area contributed by atoms with E-state index in [-0.39, 0.29) is 5.75 Å². The van der Waals surface area contributed by atoms with Gasteiger partial charge in [-0.05, 0) is 75.1 Å². The second-order valence-electron chi connectivity index (χ2n) is 11.9. The molecule has 1 unspecified atom stereocenters. The van der Waals surface area contributed by atoms with E-state index >= 15 is 0 Å². The minimum atomic E-state index is -4.49. The number of aryl methyl sites for hydroxylation is 4. The van der Waals surface area contributed by atoms with Gasteiger partial charge in [-0.3, -0.25) is 14.8 Å². The van der Waals surface area contributed by atoms with Crippen LogP contribution in [0.15, 0.2) is 60.7 Å². The summed E-state index contributed by atoms with van der Waals surface area (Å²) in [6.45, 7) is 12.4. The second kappa shape index (κ2) is 11.2. The van der Waals surface area contributed by atoms with E-state index in [2.05, 4.69) is 53.0 Å². The van der Waals surface area contributed by atoms with E-state index in [1.54, 1.807) is 6.07 Å². The Morgan fingerprint density at radius 2 is 1.62 bits per heavy atom. The number of para-hydroxylation sites is 1. The molecule has 3 aromatic carbocycles. The van der Waals surface area contributed by atoms with Crippen molar-refractivity contribution >= 4 is 22.3 Å². The molecule has 220 valence electrons. The molecule has 0 radical (unpaired) electrons. The number of anilines is 2. The molecule has 2 aliphatic rings. The van der Waals surface area contributed by atoms with Crippen LogP contribution in [-0.2, 0) is 12.7 Å². The Kier molecular flexibility index (Phi) is 7.62. The van der Waals surface area contributed by atoms with E-state index in [9.17, 15) is 13.2 Å². The van der Waals surface area contributed by atoms with E-state index < -0.39 is 11.7 Å². The lowest BCUT2D eigenvalue weighted by atomic mass is 9.99. The fourth-order valence-electron chi connectivity index (χ4n) is 6.73. The average molecular weight is 575 g/mol. The number of alkyl halides is 3. The van der Waals surface area contributed by atoms with Crippen LogP contribution in [0.2, 0.25) is 0 Å². The lowest BCUT2D eigenvalue weighted by Crippen LogP contribution is -2.47. The highest BCUT2D eigenvalue weighted by molar-refractivity contribution is 5.93. The Morgan fingerprint density at radius 1 is 0.905 bits per heavy atom. The van der Waals surface area contributed by atoms with Crippen LogP contribution in [0.3, 0.4) is 0 Å². The molecule has 4 aromatic rings. The Balaban J connectivity index is 1.11. The molecule has 2 saturated heterocycles. The first kappa shape index (κ1) is 28.5. The van der Waals surface area contributed by atoms with Gasteiger partial charge >= 0.3 is 6.18 Å². The smallest absolute Gasteiger partial charge is 0.416 e. The first-order chi connectivity index (χ1) is 20.0. The van der Waals surface area contributed by atoms with Gasteiger partial charge in [-0.1, -0.05) is 35.9 Å². The van der Waals surface area contributed by atoms with Gasteiger partial charge in [-0.15, -0.1) is 0 Å². The molecule has 0 amide bonds. The fraction of sp³-hybridized carbons (Fsp3) is 0.382. The third kappa shape index (κ3) is 5.96. The number of benzene rings is 3. The first-order valence-electron chi connectivity index (χ1n) is 14.6. The van der Waals surface area contributed by atoms with Gasteiger partial charge in [0, 0.05) is 66.8 Å². The summed E-state index contributed by atoms with van der Waals surface area (Å²) in [4.78, 5) is 9.54. The molecule has 0 spiro atoms. The Labute approximate surface area is 245 Å². The summed E-state index contributed by atoms with van der Waals surface area (Å²) in [5, 5.41) is 4.04. The van der Waals surface area contributed by atoms with E-state index in [1.807, 2.05) is 37.3 Å². The minimum Gasteiger partial charge on any atom is -0.492 e. The van der Waals surface area contributed by atoms with Gasteiger partial charge in [0.15, 0.2) is 0 Å². The van der Waals surface area contributed by atoms with Gasteiger partial charge in [0.1, 0.15) is 12.4 Å². The van der Waals surface area contributed by atoms with Crippen molar-refractivity contribution in [1.82, 2.24) is 14.8 Å². The fourth-order valence-corrected chi connectivity index (χ4v) is 6.73. The summed E-state index contributed by atoms with van der Waals surface area (Å²) < 4.78 is 47.4. The maximum Gasteiger partial charge on any atom is 0.416 e. The lowest BCUT2D eigenvalue weighted by Gasteiger charge is -2.34. The van der Waals surface area contributed by atoms with Crippen LogP contribution in [0.4, 0.5) is 24.5 Å². The largest absolute Gasteiger partial charge is 0.492 e. The van der Waals surface area contributed by atoms with Crippen molar-refractivity contribution < 1.29 is 17.9 Å². The number of pyridine rings is 1. The number of aromatic nitrogens is 1. The van der Waals surface area contributed by atoms with Crippen LogP contribution in [0.5, 0.6) is 5.75 Å². The number of rotatable bonds is 8. The van der Waals surface area contributed by atoms with Crippen LogP contribution < -0.4 is 10.1 Å². The average Bonchev–Trinajstić information content (AvgIpc) is 3.50. The molecule has 42 heavy (non-hydrogen) atoms. The number of hydrogen-bond acceptors (Lipinski definition) is 5. The van der Waals surface area contributed by atoms with Crippen molar-refractivity contribution in [2.75, 3.05) is 31.6 Å². The van der Waals surface area contributed by atoms with E-state index in [0.717, 1.165) is 54.8 Å². The molecule has 1 aromatic heterocycles. The van der Waals surface area contributed by atoms with Crippen molar-refractivity contribution in [2.45, 2.75) is 58.9 Å². The first-order valence-corrected chi connectivity index (χ1v) is 14.6. The maximum atomic E-state index is 13.8. The monoisotopic (exact) mass is 574 g/mol. The van der Waals surface area contributed by atoms with E-state index in [1.165, 1.54) is 22.3 Å². The number of piperazine rings is 1. The molecular formula is C34H37F3N4O. The molecule has 2 fully saturated rings. The normalized spacial score (nSPS) is 19.1. The number of nitrogens with one attached hydrogen (secondary N) is 1. The van der Waals surface area contributed by atoms with Gasteiger partial charge in [-0.2, -0.15) is 13.2 Å². The van der Waals surface area contributed by atoms with Crippen molar-refractivity contribution in [3.63, 3.8) is 0 Å². The van der Waals surface area contributed by atoms with Crippen molar-refractivity contribution in [3.05, 3.63) is 94.2 Å². The van der Waals surface area contributed by atoms with Crippen LogP contribution in [0, 0.1) is 27.7 Å². The second-order valence-corrected chi connectivity index (χ2v) is 11.9. The number of nitrogens with zero attached hydrogens (tertiary/aromatic N) is 3.